The number of ether oxygens (including phenoxy) is 1. The molecule has 0 aliphatic carbocycles. The summed E-state index contributed by atoms with van der Waals surface area (Å²) < 4.78 is 5.07. The highest BCUT2D eigenvalue weighted by Gasteiger charge is 2.09. The van der Waals surface area contributed by atoms with Crippen LogP contribution >= 0.6 is 11.6 Å². The SMILES string of the molecule is COc1cc(C)c(Cl)cc1NC(=O)CO. The van der Waals surface area contributed by atoms with Crippen LogP contribution in [0.25, 0.3) is 0 Å². The summed E-state index contributed by atoms with van der Waals surface area (Å²) in [5, 5.41) is 11.6. The lowest BCUT2D eigenvalue weighted by Crippen LogP contribution is -2.16. The van der Waals surface area contributed by atoms with Gasteiger partial charge in [0, 0.05) is 5.02 Å². The van der Waals surface area contributed by atoms with Gasteiger partial charge in [0.05, 0.1) is 12.8 Å². The number of aryl methyl sites for hydroxylation is 1. The molecule has 0 spiro atoms. The van der Waals surface area contributed by atoms with Crippen LogP contribution in [-0.4, -0.2) is 24.7 Å². The van der Waals surface area contributed by atoms with Crippen LogP contribution in [0.15, 0.2) is 12.1 Å². The van der Waals surface area contributed by atoms with Gasteiger partial charge >= 0.3 is 0 Å². The van der Waals surface area contributed by atoms with Gasteiger partial charge in [0.1, 0.15) is 12.4 Å². The van der Waals surface area contributed by atoms with Crippen molar-refractivity contribution in [2.75, 3.05) is 19.0 Å². The first-order valence-corrected chi connectivity index (χ1v) is 4.71. The van der Waals surface area contributed by atoms with Gasteiger partial charge in [-0.2, -0.15) is 0 Å². The highest BCUT2D eigenvalue weighted by molar-refractivity contribution is 6.31. The van der Waals surface area contributed by atoms with E-state index in [2.05, 4.69) is 5.32 Å². The van der Waals surface area contributed by atoms with Gasteiger partial charge in [-0.1, -0.05) is 11.6 Å². The summed E-state index contributed by atoms with van der Waals surface area (Å²) in [5.74, 6) is 0.00641. The Labute approximate surface area is 92.8 Å². The van der Waals surface area contributed by atoms with E-state index in [1.807, 2.05) is 6.92 Å². The Hall–Kier alpha value is -1.26. The fraction of sp³-hybridized carbons (Fsp3) is 0.300. The van der Waals surface area contributed by atoms with E-state index in [0.717, 1.165) is 5.56 Å². The Morgan fingerprint density at radius 2 is 2.27 bits per heavy atom. The average molecular weight is 230 g/mol. The number of hydrogen-bond acceptors (Lipinski definition) is 3. The van der Waals surface area contributed by atoms with Crippen LogP contribution in [0.1, 0.15) is 5.56 Å². The van der Waals surface area contributed by atoms with E-state index in [1.54, 1.807) is 12.1 Å². The Morgan fingerprint density at radius 1 is 1.60 bits per heavy atom. The molecule has 4 nitrogen and oxygen atoms in total. The number of rotatable bonds is 3. The zero-order chi connectivity index (χ0) is 11.4. The number of carbonyl (C=O) groups is 1. The van der Waals surface area contributed by atoms with Gasteiger partial charge in [0.15, 0.2) is 0 Å². The number of benzene rings is 1. The van der Waals surface area contributed by atoms with Crippen molar-refractivity contribution in [2.24, 2.45) is 0 Å². The molecule has 0 heterocycles. The smallest absolute Gasteiger partial charge is 0.250 e. The lowest BCUT2D eigenvalue weighted by atomic mass is 10.2. The summed E-state index contributed by atoms with van der Waals surface area (Å²) in [6, 6.07) is 3.30. The minimum atomic E-state index is -0.575. The van der Waals surface area contributed by atoms with E-state index < -0.39 is 12.5 Å². The van der Waals surface area contributed by atoms with Gasteiger partial charge in [-0.3, -0.25) is 4.79 Å². The average Bonchev–Trinajstić information content (AvgIpc) is 2.22. The molecule has 1 amide bonds. The topological polar surface area (TPSA) is 58.6 Å². The highest BCUT2D eigenvalue weighted by Crippen LogP contribution is 2.30. The number of carbonyl (C=O) groups excluding carboxylic acids is 1. The maximum atomic E-state index is 11.0. The zero-order valence-electron chi connectivity index (χ0n) is 8.50. The maximum absolute atomic E-state index is 11.0. The molecular formula is C10H12ClNO3. The molecule has 0 bridgehead atoms. The molecular weight excluding hydrogens is 218 g/mol. The first-order chi connectivity index (χ1) is 7.08. The van der Waals surface area contributed by atoms with Gasteiger partial charge < -0.3 is 15.2 Å². The Balaban J connectivity index is 3.05. The highest BCUT2D eigenvalue weighted by atomic mass is 35.5. The van der Waals surface area contributed by atoms with Crippen molar-refractivity contribution >= 4 is 23.2 Å². The molecule has 0 fully saturated rings. The lowest BCUT2D eigenvalue weighted by Gasteiger charge is -2.11. The van der Waals surface area contributed by atoms with Gasteiger partial charge in [0.2, 0.25) is 5.91 Å². The number of amides is 1. The van der Waals surface area contributed by atoms with Crippen molar-refractivity contribution in [1.29, 1.82) is 0 Å². The molecule has 0 unspecified atom stereocenters. The molecule has 5 heteroatoms. The third-order valence-electron chi connectivity index (χ3n) is 1.90. The fourth-order valence-corrected chi connectivity index (χ4v) is 1.27. The molecule has 0 aliphatic heterocycles. The van der Waals surface area contributed by atoms with E-state index in [0.29, 0.717) is 16.5 Å². The number of hydrogen-bond donors (Lipinski definition) is 2. The predicted octanol–water partition coefficient (Wildman–Crippen LogP) is 1.59. The molecule has 1 aromatic rings. The molecule has 2 N–H and O–H groups in total. The summed E-state index contributed by atoms with van der Waals surface area (Å²) in [7, 11) is 1.50. The number of anilines is 1. The van der Waals surface area contributed by atoms with E-state index in [1.165, 1.54) is 7.11 Å². The largest absolute Gasteiger partial charge is 0.495 e. The molecule has 1 rings (SSSR count). The van der Waals surface area contributed by atoms with Crippen molar-refractivity contribution in [3.05, 3.63) is 22.7 Å². The first-order valence-electron chi connectivity index (χ1n) is 4.33. The first kappa shape index (κ1) is 11.8. The van der Waals surface area contributed by atoms with Crippen LogP contribution in [0, 0.1) is 6.92 Å². The summed E-state index contributed by atoms with van der Waals surface area (Å²) in [5.41, 5.74) is 1.31. The number of aliphatic hydroxyl groups is 1. The second kappa shape index (κ2) is 5.00. The van der Waals surface area contributed by atoms with Gasteiger partial charge in [-0.15, -0.1) is 0 Å². The minimum Gasteiger partial charge on any atom is -0.495 e. The molecule has 0 atom stereocenters. The van der Waals surface area contributed by atoms with Crippen LogP contribution < -0.4 is 10.1 Å². The second-order valence-corrected chi connectivity index (χ2v) is 3.42. The number of halogens is 1. The van der Waals surface area contributed by atoms with Crippen molar-refractivity contribution in [2.45, 2.75) is 6.92 Å². The van der Waals surface area contributed by atoms with Crippen molar-refractivity contribution in [1.82, 2.24) is 0 Å². The number of methoxy groups -OCH3 is 1. The molecule has 0 aromatic heterocycles. The van der Waals surface area contributed by atoms with Crippen LogP contribution in [0.5, 0.6) is 5.75 Å². The number of aliphatic hydroxyl groups excluding tert-OH is 1. The van der Waals surface area contributed by atoms with Crippen LogP contribution in [0.3, 0.4) is 0 Å². The Morgan fingerprint density at radius 3 is 2.80 bits per heavy atom. The van der Waals surface area contributed by atoms with E-state index in [4.69, 9.17) is 21.4 Å². The lowest BCUT2D eigenvalue weighted by molar-refractivity contribution is -0.118. The van der Waals surface area contributed by atoms with E-state index >= 15 is 0 Å². The van der Waals surface area contributed by atoms with Gasteiger partial charge in [0.25, 0.3) is 0 Å². The van der Waals surface area contributed by atoms with Gasteiger partial charge in [-0.25, -0.2) is 0 Å². The summed E-state index contributed by atoms with van der Waals surface area (Å²) in [6.07, 6.45) is 0. The maximum Gasteiger partial charge on any atom is 0.250 e. The van der Waals surface area contributed by atoms with E-state index in [9.17, 15) is 4.79 Å². The van der Waals surface area contributed by atoms with Crippen molar-refractivity contribution in [3.8, 4) is 5.75 Å². The quantitative estimate of drug-likeness (QED) is 0.828. The predicted molar refractivity (Wildman–Crippen MR) is 58.5 cm³/mol. The summed E-state index contributed by atoms with van der Waals surface area (Å²) >= 11 is 5.90. The standard InChI is InChI=1S/C10H12ClNO3/c1-6-3-9(15-2)8(4-7(6)11)12-10(14)5-13/h3-4,13H,5H2,1-2H3,(H,12,14). The number of nitrogens with one attached hydrogen (secondary N) is 1. The van der Waals surface area contributed by atoms with Crippen molar-refractivity contribution < 1.29 is 14.6 Å². The molecule has 0 saturated carbocycles. The van der Waals surface area contributed by atoms with Crippen LogP contribution in [0.4, 0.5) is 5.69 Å². The molecule has 82 valence electrons. The third kappa shape index (κ3) is 2.84. The molecule has 15 heavy (non-hydrogen) atoms. The molecule has 0 radical (unpaired) electrons. The summed E-state index contributed by atoms with van der Waals surface area (Å²) in [4.78, 5) is 11.0. The van der Waals surface area contributed by atoms with Crippen LogP contribution in [-0.2, 0) is 4.79 Å². The minimum absolute atomic E-state index is 0.451. The second-order valence-electron chi connectivity index (χ2n) is 3.01. The Bertz CT molecular complexity index is 379. The molecule has 1 aromatic carbocycles. The zero-order valence-corrected chi connectivity index (χ0v) is 9.26. The van der Waals surface area contributed by atoms with Crippen molar-refractivity contribution in [3.63, 3.8) is 0 Å². The summed E-state index contributed by atoms with van der Waals surface area (Å²) in [6.45, 7) is 1.26. The Kier molecular flexibility index (Phi) is 3.94. The third-order valence-corrected chi connectivity index (χ3v) is 2.31. The van der Waals surface area contributed by atoms with Crippen LogP contribution in [0.2, 0.25) is 5.02 Å². The monoisotopic (exact) mass is 229 g/mol. The molecule has 0 saturated heterocycles. The van der Waals surface area contributed by atoms with E-state index in [-0.39, 0.29) is 0 Å². The fourth-order valence-electron chi connectivity index (χ4n) is 1.11. The molecule has 0 aliphatic rings. The normalized spacial score (nSPS) is 9.87. The van der Waals surface area contributed by atoms with Gasteiger partial charge in [-0.05, 0) is 24.6 Å².